The predicted octanol–water partition coefficient (Wildman–Crippen LogP) is 0.983. The second-order valence-corrected chi connectivity index (χ2v) is 5.17. The molecule has 1 rings (SSSR count). The lowest BCUT2D eigenvalue weighted by Gasteiger charge is -2.49. The van der Waals surface area contributed by atoms with Crippen LogP contribution in [0.25, 0.3) is 0 Å². The van der Waals surface area contributed by atoms with Crippen molar-refractivity contribution in [1.29, 1.82) is 0 Å². The van der Waals surface area contributed by atoms with Gasteiger partial charge in [-0.15, -0.1) is 0 Å². The van der Waals surface area contributed by atoms with Gasteiger partial charge in [-0.2, -0.15) is 0 Å². The molecule has 0 aromatic rings. The standard InChI is InChI=1S/C12H23NO3/c1-10(2)9-12(6-8-14)5-3-4-7-13(12)11(15)16/h10,14H,3-9H2,1-2H3,(H,15,16)/p-1. The molecule has 1 amide bonds. The summed E-state index contributed by atoms with van der Waals surface area (Å²) in [5.41, 5.74) is -0.389. The molecule has 1 N–H and O–H groups in total. The number of hydrogen-bond acceptors (Lipinski definition) is 3. The minimum atomic E-state index is -1.09. The highest BCUT2D eigenvalue weighted by atomic mass is 16.4. The largest absolute Gasteiger partial charge is 0.530 e. The molecule has 1 saturated heterocycles. The molecule has 1 unspecified atom stereocenters. The molecule has 0 aromatic carbocycles. The van der Waals surface area contributed by atoms with Crippen molar-refractivity contribution in [3.63, 3.8) is 0 Å². The van der Waals surface area contributed by atoms with Crippen LogP contribution in [0.1, 0.15) is 46.0 Å². The fraction of sp³-hybridized carbons (Fsp3) is 0.917. The summed E-state index contributed by atoms with van der Waals surface area (Å²) in [5.74, 6) is 0.423. The van der Waals surface area contributed by atoms with E-state index < -0.39 is 6.09 Å². The normalized spacial score (nSPS) is 26.1. The van der Waals surface area contributed by atoms with Crippen LogP contribution >= 0.6 is 0 Å². The van der Waals surface area contributed by atoms with Gasteiger partial charge in [0, 0.05) is 18.7 Å². The van der Waals surface area contributed by atoms with Crippen molar-refractivity contribution in [1.82, 2.24) is 4.90 Å². The second-order valence-electron chi connectivity index (χ2n) is 5.17. The number of rotatable bonds is 4. The molecule has 0 saturated carbocycles. The summed E-state index contributed by atoms with van der Waals surface area (Å²) in [4.78, 5) is 12.6. The van der Waals surface area contributed by atoms with Crippen LogP contribution in [0.2, 0.25) is 0 Å². The molecule has 1 aliphatic rings. The monoisotopic (exact) mass is 228 g/mol. The van der Waals surface area contributed by atoms with Crippen LogP contribution in [-0.4, -0.2) is 34.8 Å². The Balaban J connectivity index is 2.88. The molecule has 94 valence electrons. The lowest BCUT2D eigenvalue weighted by atomic mass is 9.78. The van der Waals surface area contributed by atoms with Crippen LogP contribution in [0.4, 0.5) is 4.79 Å². The van der Waals surface area contributed by atoms with E-state index in [9.17, 15) is 9.90 Å². The van der Waals surface area contributed by atoms with Gasteiger partial charge in [-0.05, 0) is 38.0 Å². The van der Waals surface area contributed by atoms with Gasteiger partial charge in [-0.1, -0.05) is 13.8 Å². The number of likely N-dealkylation sites (tertiary alicyclic amines) is 1. The maximum atomic E-state index is 11.2. The molecule has 1 atom stereocenters. The van der Waals surface area contributed by atoms with E-state index in [4.69, 9.17) is 5.11 Å². The Bertz CT molecular complexity index is 238. The van der Waals surface area contributed by atoms with Crippen molar-refractivity contribution in [2.24, 2.45) is 5.92 Å². The third kappa shape index (κ3) is 2.88. The summed E-state index contributed by atoms with van der Waals surface area (Å²) in [6, 6.07) is 0. The number of carboxylic acid groups (broad SMARTS) is 1. The Morgan fingerprint density at radius 2 is 2.19 bits per heavy atom. The summed E-state index contributed by atoms with van der Waals surface area (Å²) < 4.78 is 0. The van der Waals surface area contributed by atoms with E-state index in [1.807, 2.05) is 0 Å². The first-order valence-electron chi connectivity index (χ1n) is 6.11. The van der Waals surface area contributed by atoms with E-state index in [0.29, 0.717) is 18.9 Å². The van der Waals surface area contributed by atoms with Crippen molar-refractivity contribution < 1.29 is 15.0 Å². The van der Waals surface area contributed by atoms with E-state index >= 15 is 0 Å². The quantitative estimate of drug-likeness (QED) is 0.780. The highest BCUT2D eigenvalue weighted by molar-refractivity contribution is 5.64. The molecule has 0 spiro atoms. The Morgan fingerprint density at radius 3 is 2.69 bits per heavy atom. The zero-order valence-corrected chi connectivity index (χ0v) is 10.2. The third-order valence-electron chi connectivity index (χ3n) is 3.43. The summed E-state index contributed by atoms with van der Waals surface area (Å²) in [6.07, 6.45) is 3.03. The summed E-state index contributed by atoms with van der Waals surface area (Å²) in [7, 11) is 0. The van der Waals surface area contributed by atoms with Crippen LogP contribution in [-0.2, 0) is 0 Å². The van der Waals surface area contributed by atoms with Crippen molar-refractivity contribution >= 4 is 6.09 Å². The summed E-state index contributed by atoms with van der Waals surface area (Å²) in [6.45, 7) is 4.76. The maximum absolute atomic E-state index is 11.2. The Labute approximate surface area is 97.3 Å². The fourth-order valence-electron chi connectivity index (χ4n) is 2.92. The molecule has 4 heteroatoms. The molecular formula is C12H22NO3-. The molecule has 0 bridgehead atoms. The van der Waals surface area contributed by atoms with Gasteiger partial charge < -0.3 is 19.9 Å². The first-order valence-corrected chi connectivity index (χ1v) is 6.11. The molecular weight excluding hydrogens is 206 g/mol. The fourth-order valence-corrected chi connectivity index (χ4v) is 2.92. The van der Waals surface area contributed by atoms with Gasteiger partial charge in [0.05, 0.1) is 0 Å². The van der Waals surface area contributed by atoms with Crippen LogP contribution in [0.15, 0.2) is 0 Å². The van der Waals surface area contributed by atoms with E-state index in [1.54, 1.807) is 0 Å². The maximum Gasteiger partial charge on any atom is 0.137 e. The zero-order valence-electron chi connectivity index (χ0n) is 10.2. The van der Waals surface area contributed by atoms with Gasteiger partial charge in [-0.25, -0.2) is 0 Å². The predicted molar refractivity (Wildman–Crippen MR) is 59.8 cm³/mol. The molecule has 0 aromatic heterocycles. The molecule has 1 fully saturated rings. The molecule has 4 nitrogen and oxygen atoms in total. The topological polar surface area (TPSA) is 63.6 Å². The first kappa shape index (κ1) is 13.3. The Morgan fingerprint density at radius 1 is 1.50 bits per heavy atom. The van der Waals surface area contributed by atoms with E-state index in [0.717, 1.165) is 25.7 Å². The van der Waals surface area contributed by atoms with Gasteiger partial charge >= 0.3 is 0 Å². The smallest absolute Gasteiger partial charge is 0.137 e. The van der Waals surface area contributed by atoms with E-state index in [2.05, 4.69) is 13.8 Å². The summed E-state index contributed by atoms with van der Waals surface area (Å²) in [5, 5.41) is 20.3. The number of amides is 1. The van der Waals surface area contributed by atoms with Crippen LogP contribution in [0.5, 0.6) is 0 Å². The van der Waals surface area contributed by atoms with Gasteiger partial charge in [0.1, 0.15) is 6.09 Å². The van der Waals surface area contributed by atoms with Crippen molar-refractivity contribution in [2.75, 3.05) is 13.2 Å². The van der Waals surface area contributed by atoms with E-state index in [-0.39, 0.29) is 12.1 Å². The number of carbonyl (C=O) groups is 1. The van der Waals surface area contributed by atoms with Gasteiger partial charge in [0.2, 0.25) is 0 Å². The molecule has 1 heterocycles. The summed E-state index contributed by atoms with van der Waals surface area (Å²) >= 11 is 0. The first-order chi connectivity index (χ1) is 7.52. The second kappa shape index (κ2) is 5.53. The highest BCUT2D eigenvalue weighted by Gasteiger charge is 2.38. The number of aliphatic hydroxyl groups is 1. The lowest BCUT2D eigenvalue weighted by molar-refractivity contribution is -0.274. The number of aliphatic hydroxyl groups excluding tert-OH is 1. The van der Waals surface area contributed by atoms with Crippen molar-refractivity contribution in [3.8, 4) is 0 Å². The Hall–Kier alpha value is -0.770. The van der Waals surface area contributed by atoms with Crippen molar-refractivity contribution in [3.05, 3.63) is 0 Å². The average molecular weight is 228 g/mol. The number of carbonyl (C=O) groups excluding carboxylic acids is 1. The number of nitrogens with zero attached hydrogens (tertiary/aromatic N) is 1. The highest BCUT2D eigenvalue weighted by Crippen LogP contribution is 2.36. The number of hydrogen-bond donors (Lipinski definition) is 1. The lowest BCUT2D eigenvalue weighted by Crippen LogP contribution is -2.59. The minimum Gasteiger partial charge on any atom is -0.530 e. The average Bonchev–Trinajstić information content (AvgIpc) is 2.16. The third-order valence-corrected chi connectivity index (χ3v) is 3.43. The molecule has 16 heavy (non-hydrogen) atoms. The SMILES string of the molecule is CC(C)CC1(CCO)CCCCN1C(=O)[O-]. The Kier molecular flexibility index (Phi) is 4.59. The molecule has 1 aliphatic heterocycles. The number of piperidine rings is 1. The molecule has 0 aliphatic carbocycles. The van der Waals surface area contributed by atoms with Crippen LogP contribution in [0.3, 0.4) is 0 Å². The van der Waals surface area contributed by atoms with Gasteiger partial charge in [0.15, 0.2) is 0 Å². The zero-order chi connectivity index (χ0) is 12.2. The van der Waals surface area contributed by atoms with Crippen molar-refractivity contribution in [2.45, 2.75) is 51.5 Å². The van der Waals surface area contributed by atoms with Gasteiger partial charge in [-0.3, -0.25) is 0 Å². The van der Waals surface area contributed by atoms with Gasteiger partial charge in [0.25, 0.3) is 0 Å². The minimum absolute atomic E-state index is 0.0382. The molecule has 0 radical (unpaired) electrons. The van der Waals surface area contributed by atoms with E-state index in [1.165, 1.54) is 4.90 Å². The van der Waals surface area contributed by atoms with Crippen LogP contribution in [0, 0.1) is 5.92 Å². The van der Waals surface area contributed by atoms with Crippen LogP contribution < -0.4 is 5.11 Å².